The van der Waals surface area contributed by atoms with Crippen LogP contribution in [0.3, 0.4) is 0 Å². The number of carboxylic acid groups (broad SMARTS) is 1. The molecule has 0 amide bonds. The smallest absolute Gasteiger partial charge is 0.324 e. The summed E-state index contributed by atoms with van der Waals surface area (Å²) in [4.78, 5) is 11.4. The summed E-state index contributed by atoms with van der Waals surface area (Å²) in [5.74, 6) is -1.08. The van der Waals surface area contributed by atoms with Gasteiger partial charge in [-0.2, -0.15) is 17.4 Å². The zero-order valence-electron chi connectivity index (χ0n) is 10.3. The zero-order valence-corrected chi connectivity index (χ0v) is 11.1. The third kappa shape index (κ3) is 3.40. The molecule has 1 rings (SSSR count). The van der Waals surface area contributed by atoms with Gasteiger partial charge in [-0.25, -0.2) is 0 Å². The monoisotopic (exact) mass is 264 g/mol. The molecule has 0 saturated heterocycles. The molecular formula is C10H20N2O4S. The summed E-state index contributed by atoms with van der Waals surface area (Å²) in [6, 6.07) is 0. The average Bonchev–Trinajstić information content (AvgIpc) is 2.43. The van der Waals surface area contributed by atoms with Crippen LogP contribution in [0.2, 0.25) is 0 Å². The Morgan fingerprint density at radius 1 is 1.18 bits per heavy atom. The molecule has 1 saturated carbocycles. The zero-order chi connectivity index (χ0) is 13.1. The van der Waals surface area contributed by atoms with Gasteiger partial charge in [-0.15, -0.1) is 0 Å². The highest BCUT2D eigenvalue weighted by atomic mass is 32.2. The third-order valence-corrected chi connectivity index (χ3v) is 4.78. The first kappa shape index (κ1) is 14.4. The van der Waals surface area contributed by atoms with Crippen molar-refractivity contribution >= 4 is 16.2 Å². The molecule has 17 heavy (non-hydrogen) atoms. The van der Waals surface area contributed by atoms with Crippen molar-refractivity contribution in [1.29, 1.82) is 0 Å². The predicted octanol–water partition coefficient (Wildman–Crippen LogP) is 0.560. The minimum Gasteiger partial charge on any atom is -0.480 e. The second-order valence-corrected chi connectivity index (χ2v) is 6.58. The van der Waals surface area contributed by atoms with Gasteiger partial charge in [-0.05, 0) is 12.8 Å². The van der Waals surface area contributed by atoms with Crippen LogP contribution < -0.4 is 4.72 Å². The fourth-order valence-electron chi connectivity index (χ4n) is 2.03. The van der Waals surface area contributed by atoms with Crippen molar-refractivity contribution in [1.82, 2.24) is 9.03 Å². The van der Waals surface area contributed by atoms with Gasteiger partial charge in [0.2, 0.25) is 0 Å². The van der Waals surface area contributed by atoms with Crippen molar-refractivity contribution < 1.29 is 18.3 Å². The number of aliphatic carboxylic acids is 1. The first-order valence-electron chi connectivity index (χ1n) is 5.75. The van der Waals surface area contributed by atoms with Crippen molar-refractivity contribution in [2.45, 2.75) is 44.1 Å². The van der Waals surface area contributed by atoms with E-state index in [1.165, 1.54) is 14.1 Å². The van der Waals surface area contributed by atoms with Gasteiger partial charge in [0.1, 0.15) is 5.54 Å². The Labute approximate surface area is 102 Å². The Morgan fingerprint density at radius 2 is 1.65 bits per heavy atom. The predicted molar refractivity (Wildman–Crippen MR) is 63.8 cm³/mol. The summed E-state index contributed by atoms with van der Waals surface area (Å²) in [6.07, 6.45) is 4.10. The van der Waals surface area contributed by atoms with Crippen LogP contribution in [0.5, 0.6) is 0 Å². The van der Waals surface area contributed by atoms with Crippen molar-refractivity contribution in [3.63, 3.8) is 0 Å². The normalized spacial score (nSPS) is 21.1. The summed E-state index contributed by atoms with van der Waals surface area (Å²) >= 11 is 0. The Balaban J connectivity index is 2.96. The maximum atomic E-state index is 11.8. The van der Waals surface area contributed by atoms with E-state index in [1.54, 1.807) is 0 Å². The quantitative estimate of drug-likeness (QED) is 0.726. The van der Waals surface area contributed by atoms with Crippen LogP contribution in [0.4, 0.5) is 0 Å². The lowest BCUT2D eigenvalue weighted by Gasteiger charge is -2.30. The molecular weight excluding hydrogens is 244 g/mol. The van der Waals surface area contributed by atoms with Gasteiger partial charge in [0, 0.05) is 14.1 Å². The molecule has 0 heterocycles. The fraction of sp³-hybridized carbons (Fsp3) is 0.900. The molecule has 0 unspecified atom stereocenters. The second-order valence-electron chi connectivity index (χ2n) is 4.69. The van der Waals surface area contributed by atoms with Crippen molar-refractivity contribution in [3.05, 3.63) is 0 Å². The molecule has 0 aromatic heterocycles. The van der Waals surface area contributed by atoms with E-state index < -0.39 is 21.7 Å². The van der Waals surface area contributed by atoms with Gasteiger partial charge in [0.25, 0.3) is 10.2 Å². The van der Waals surface area contributed by atoms with Crippen molar-refractivity contribution in [2.24, 2.45) is 0 Å². The highest BCUT2D eigenvalue weighted by Crippen LogP contribution is 2.28. The van der Waals surface area contributed by atoms with Gasteiger partial charge in [-0.1, -0.05) is 25.7 Å². The van der Waals surface area contributed by atoms with Crippen molar-refractivity contribution in [2.75, 3.05) is 14.1 Å². The molecule has 0 atom stereocenters. The molecule has 0 aromatic rings. The number of hydrogen-bond acceptors (Lipinski definition) is 3. The molecule has 0 bridgehead atoms. The second kappa shape index (κ2) is 5.32. The molecule has 1 fully saturated rings. The molecule has 7 heteroatoms. The molecule has 100 valence electrons. The average molecular weight is 264 g/mol. The number of carboxylic acids is 1. The van der Waals surface area contributed by atoms with Gasteiger partial charge >= 0.3 is 5.97 Å². The van der Waals surface area contributed by atoms with E-state index in [9.17, 15) is 18.3 Å². The van der Waals surface area contributed by atoms with E-state index in [4.69, 9.17) is 0 Å². The van der Waals surface area contributed by atoms with E-state index in [0.29, 0.717) is 12.8 Å². The van der Waals surface area contributed by atoms with E-state index in [-0.39, 0.29) is 0 Å². The van der Waals surface area contributed by atoms with E-state index in [1.807, 2.05) is 0 Å². The molecule has 1 aliphatic carbocycles. The molecule has 2 N–H and O–H groups in total. The Kier molecular flexibility index (Phi) is 4.51. The van der Waals surface area contributed by atoms with Crippen LogP contribution in [-0.2, 0) is 15.0 Å². The Hall–Kier alpha value is -0.660. The van der Waals surface area contributed by atoms with E-state index in [2.05, 4.69) is 4.72 Å². The van der Waals surface area contributed by atoms with Crippen LogP contribution in [-0.4, -0.2) is 43.4 Å². The molecule has 0 aliphatic heterocycles. The van der Waals surface area contributed by atoms with Crippen molar-refractivity contribution in [3.8, 4) is 0 Å². The van der Waals surface area contributed by atoms with Crippen LogP contribution in [0.25, 0.3) is 0 Å². The maximum Gasteiger partial charge on any atom is 0.324 e. The molecule has 0 spiro atoms. The summed E-state index contributed by atoms with van der Waals surface area (Å²) < 4.78 is 26.9. The molecule has 0 radical (unpaired) electrons. The lowest BCUT2D eigenvalue weighted by atomic mass is 9.92. The number of nitrogens with one attached hydrogen (secondary N) is 1. The minimum atomic E-state index is -3.71. The van der Waals surface area contributed by atoms with Crippen LogP contribution >= 0.6 is 0 Å². The number of rotatable bonds is 4. The number of carbonyl (C=O) groups is 1. The molecule has 6 nitrogen and oxygen atoms in total. The van der Waals surface area contributed by atoms with Gasteiger partial charge in [0.15, 0.2) is 0 Å². The maximum absolute atomic E-state index is 11.8. The SMILES string of the molecule is CN(C)S(=O)(=O)NC1(C(=O)O)CCCCCC1. The summed E-state index contributed by atoms with van der Waals surface area (Å²) in [5.41, 5.74) is -1.33. The third-order valence-electron chi connectivity index (χ3n) is 3.17. The van der Waals surface area contributed by atoms with Gasteiger partial charge in [-0.3, -0.25) is 4.79 Å². The first-order chi connectivity index (χ1) is 7.80. The van der Waals surface area contributed by atoms with E-state index in [0.717, 1.165) is 30.0 Å². The van der Waals surface area contributed by atoms with Crippen LogP contribution in [0, 0.1) is 0 Å². The Morgan fingerprint density at radius 3 is 2.00 bits per heavy atom. The summed E-state index contributed by atoms with van der Waals surface area (Å²) in [7, 11) is -0.948. The topological polar surface area (TPSA) is 86.7 Å². The van der Waals surface area contributed by atoms with Gasteiger partial charge in [0.05, 0.1) is 0 Å². The highest BCUT2D eigenvalue weighted by molar-refractivity contribution is 7.87. The van der Waals surface area contributed by atoms with Crippen LogP contribution in [0.15, 0.2) is 0 Å². The minimum absolute atomic E-state index is 0.357. The van der Waals surface area contributed by atoms with E-state index >= 15 is 0 Å². The summed E-state index contributed by atoms with van der Waals surface area (Å²) in [5, 5.41) is 9.31. The lowest BCUT2D eigenvalue weighted by molar-refractivity contribution is -0.144. The number of hydrogen-bond donors (Lipinski definition) is 2. The van der Waals surface area contributed by atoms with Crippen LogP contribution in [0.1, 0.15) is 38.5 Å². The van der Waals surface area contributed by atoms with Gasteiger partial charge < -0.3 is 5.11 Å². The number of nitrogens with zero attached hydrogens (tertiary/aromatic N) is 1. The largest absolute Gasteiger partial charge is 0.480 e. The Bertz CT molecular complexity index is 370. The first-order valence-corrected chi connectivity index (χ1v) is 7.19. The lowest BCUT2D eigenvalue weighted by Crippen LogP contribution is -2.56. The highest BCUT2D eigenvalue weighted by Gasteiger charge is 2.42. The summed E-state index contributed by atoms with van der Waals surface area (Å²) in [6.45, 7) is 0. The molecule has 1 aliphatic rings. The fourth-order valence-corrected chi connectivity index (χ4v) is 3.00. The molecule has 0 aromatic carbocycles. The standard InChI is InChI=1S/C10H20N2O4S/c1-12(2)17(15,16)11-10(9(13)14)7-5-3-4-6-8-10/h11H,3-8H2,1-2H3,(H,13,14).